The molecular formula is C22H24N6O10. The van der Waals surface area contributed by atoms with Crippen LogP contribution >= 0.6 is 0 Å². The molecule has 0 aromatic heterocycles. The monoisotopic (exact) mass is 532 g/mol. The van der Waals surface area contributed by atoms with E-state index in [4.69, 9.17) is 10.6 Å². The lowest BCUT2D eigenvalue weighted by Crippen LogP contribution is -2.63. The second-order valence-electron chi connectivity index (χ2n) is 8.12. The van der Waals surface area contributed by atoms with E-state index in [9.17, 15) is 43.8 Å². The van der Waals surface area contributed by atoms with Gasteiger partial charge in [0.1, 0.15) is 18.5 Å². The number of urea groups is 1. The molecule has 1 fully saturated rings. The van der Waals surface area contributed by atoms with Gasteiger partial charge in [-0.15, -0.1) is 0 Å². The second kappa shape index (κ2) is 13.4. The van der Waals surface area contributed by atoms with E-state index in [0.29, 0.717) is 10.6 Å². The zero-order valence-corrected chi connectivity index (χ0v) is 19.8. The van der Waals surface area contributed by atoms with Gasteiger partial charge in [0.05, 0.1) is 0 Å². The fraction of sp³-hybridized carbons (Fsp3) is 0.409. The highest BCUT2D eigenvalue weighted by molar-refractivity contribution is 6.16. The van der Waals surface area contributed by atoms with Crippen LogP contribution in [0.4, 0.5) is 10.5 Å². The molecule has 1 aromatic rings. The van der Waals surface area contributed by atoms with Gasteiger partial charge >= 0.3 is 23.9 Å². The normalized spacial score (nSPS) is 14.9. The summed E-state index contributed by atoms with van der Waals surface area (Å²) in [5.41, 5.74) is 9.01. The summed E-state index contributed by atoms with van der Waals surface area (Å²) in [6.07, 6.45) is -2.15. The fourth-order valence-corrected chi connectivity index (χ4v) is 3.73. The summed E-state index contributed by atoms with van der Waals surface area (Å²) < 4.78 is 0. The number of amides is 5. The number of carbonyl (C=O) groups is 7. The number of nitrogens with zero attached hydrogens (tertiary/aromatic N) is 5. The van der Waals surface area contributed by atoms with Gasteiger partial charge in [0.25, 0.3) is 5.91 Å². The number of hydrogen-bond donors (Lipinski definition) is 4. The number of azide groups is 1. The van der Waals surface area contributed by atoms with Crippen molar-refractivity contribution in [2.75, 3.05) is 6.54 Å². The number of unbranched alkanes of at least 4 members (excludes halogenated alkanes) is 1. The molecule has 1 heterocycles. The molecule has 5 amide bonds. The van der Waals surface area contributed by atoms with Crippen molar-refractivity contribution in [2.45, 2.75) is 50.6 Å². The first kappa shape index (κ1) is 29.3. The van der Waals surface area contributed by atoms with Gasteiger partial charge in [-0.05, 0) is 43.3 Å². The molecule has 0 saturated carbocycles. The zero-order valence-electron chi connectivity index (χ0n) is 19.8. The van der Waals surface area contributed by atoms with E-state index in [2.05, 4.69) is 15.3 Å². The minimum Gasteiger partial charge on any atom is -0.481 e. The predicted octanol–water partition coefficient (Wildman–Crippen LogP) is 1.48. The van der Waals surface area contributed by atoms with Gasteiger partial charge in [0, 0.05) is 29.1 Å². The third-order valence-electron chi connectivity index (χ3n) is 5.56. The lowest BCUT2D eigenvalue weighted by Gasteiger charge is -2.38. The van der Waals surface area contributed by atoms with Crippen LogP contribution in [0.1, 0.15) is 48.9 Å². The average molecular weight is 532 g/mol. The van der Waals surface area contributed by atoms with Crippen LogP contribution in [-0.4, -0.2) is 85.4 Å². The number of hydrogen-bond acceptors (Lipinski definition) is 8. The van der Waals surface area contributed by atoms with Crippen LogP contribution in [0.3, 0.4) is 0 Å². The molecular weight excluding hydrogens is 508 g/mol. The topological polar surface area (TPSA) is 247 Å². The summed E-state index contributed by atoms with van der Waals surface area (Å²) in [5, 5.41) is 33.9. The van der Waals surface area contributed by atoms with Crippen LogP contribution in [0.25, 0.3) is 10.4 Å². The van der Waals surface area contributed by atoms with Crippen molar-refractivity contribution in [3.8, 4) is 0 Å². The van der Waals surface area contributed by atoms with Crippen LogP contribution in [0, 0.1) is 0 Å². The van der Waals surface area contributed by atoms with Gasteiger partial charge in [0.15, 0.2) is 0 Å². The first-order valence-corrected chi connectivity index (χ1v) is 11.3. The highest BCUT2D eigenvalue weighted by Gasteiger charge is 2.48. The maximum atomic E-state index is 12.9. The first-order valence-electron chi connectivity index (χ1n) is 11.3. The van der Waals surface area contributed by atoms with E-state index < -0.39 is 73.0 Å². The van der Waals surface area contributed by atoms with E-state index in [0.717, 1.165) is 0 Å². The molecule has 0 spiro atoms. The van der Waals surface area contributed by atoms with Crippen LogP contribution in [-0.2, 0) is 24.0 Å². The first-order chi connectivity index (χ1) is 18.0. The Morgan fingerprint density at radius 2 is 1.47 bits per heavy atom. The van der Waals surface area contributed by atoms with Crippen molar-refractivity contribution in [1.82, 2.24) is 15.1 Å². The Morgan fingerprint density at radius 3 is 1.97 bits per heavy atom. The maximum absolute atomic E-state index is 12.9. The molecule has 1 aromatic carbocycles. The van der Waals surface area contributed by atoms with Crippen molar-refractivity contribution >= 4 is 47.3 Å². The molecule has 1 saturated heterocycles. The van der Waals surface area contributed by atoms with E-state index in [-0.39, 0.29) is 36.3 Å². The summed E-state index contributed by atoms with van der Waals surface area (Å²) in [6, 6.07) is 0.722. The minimum absolute atomic E-state index is 0.117. The largest absolute Gasteiger partial charge is 0.481 e. The van der Waals surface area contributed by atoms with Crippen LogP contribution in [0.5, 0.6) is 0 Å². The van der Waals surface area contributed by atoms with E-state index in [1.807, 2.05) is 0 Å². The van der Waals surface area contributed by atoms with Crippen LogP contribution in [0.15, 0.2) is 29.4 Å². The number of carboxylic acid groups (broad SMARTS) is 3. The van der Waals surface area contributed by atoms with Crippen molar-refractivity contribution in [3.63, 3.8) is 0 Å². The predicted molar refractivity (Wildman–Crippen MR) is 125 cm³/mol. The molecule has 38 heavy (non-hydrogen) atoms. The summed E-state index contributed by atoms with van der Waals surface area (Å²) in [5.74, 6) is -7.36. The molecule has 2 rings (SSSR count). The third-order valence-corrected chi connectivity index (χ3v) is 5.56. The van der Waals surface area contributed by atoms with Gasteiger partial charge in [-0.3, -0.25) is 19.2 Å². The zero-order chi connectivity index (χ0) is 28.4. The average Bonchev–Trinajstić information content (AvgIpc) is 2.84. The number of barbiturate groups is 1. The van der Waals surface area contributed by atoms with E-state index in [1.54, 1.807) is 0 Å². The lowest BCUT2D eigenvalue weighted by molar-refractivity contribution is -0.158. The highest BCUT2D eigenvalue weighted by atomic mass is 16.4. The van der Waals surface area contributed by atoms with Gasteiger partial charge < -0.3 is 20.6 Å². The minimum atomic E-state index is -1.90. The lowest BCUT2D eigenvalue weighted by atomic mass is 10.0. The maximum Gasteiger partial charge on any atom is 0.335 e. The van der Waals surface area contributed by atoms with Crippen LogP contribution < -0.4 is 5.32 Å². The summed E-state index contributed by atoms with van der Waals surface area (Å²) in [4.78, 5) is 87.4. The summed E-state index contributed by atoms with van der Waals surface area (Å²) in [7, 11) is 0. The van der Waals surface area contributed by atoms with Crippen molar-refractivity contribution in [2.24, 2.45) is 5.11 Å². The molecule has 1 aliphatic heterocycles. The van der Waals surface area contributed by atoms with E-state index >= 15 is 0 Å². The van der Waals surface area contributed by atoms with Crippen LogP contribution in [0.2, 0.25) is 0 Å². The van der Waals surface area contributed by atoms with Gasteiger partial charge in [-0.2, -0.15) is 0 Å². The summed E-state index contributed by atoms with van der Waals surface area (Å²) in [6.45, 7) is 0.117. The number of aliphatic carboxylic acids is 3. The number of rotatable bonds is 14. The second-order valence-corrected chi connectivity index (χ2v) is 8.12. The highest BCUT2D eigenvalue weighted by Crippen LogP contribution is 2.23. The molecule has 16 nitrogen and oxygen atoms in total. The molecule has 16 heteroatoms. The van der Waals surface area contributed by atoms with Crippen molar-refractivity contribution < 1.29 is 48.9 Å². The Morgan fingerprint density at radius 1 is 0.921 bits per heavy atom. The summed E-state index contributed by atoms with van der Waals surface area (Å²) >= 11 is 0. The molecule has 0 bridgehead atoms. The Labute approximate surface area is 214 Å². The number of carbonyl (C=O) groups excluding carboxylic acids is 4. The fourth-order valence-electron chi connectivity index (χ4n) is 3.73. The standard InChI is InChI=1S/C22H24N6O10/c23-26-25-13-6-4-12(5-7-13)19(33)24-10-2-1-3-14(20(34)35)27-16(29)11-17(30)28(22(27)38)15(21(36)37)8-9-18(31)32/h4-7,14-15H,1-3,8-11H2,(H,24,33)(H,31,32)(H,34,35)(H,36,37)/t14?,15-/m0/s1. The number of nitrogens with one attached hydrogen (secondary N) is 1. The third kappa shape index (κ3) is 7.51. The van der Waals surface area contributed by atoms with E-state index in [1.165, 1.54) is 24.3 Å². The molecule has 4 N–H and O–H groups in total. The van der Waals surface area contributed by atoms with Crippen molar-refractivity contribution in [3.05, 3.63) is 40.3 Å². The molecule has 2 atom stereocenters. The number of carboxylic acids is 3. The molecule has 0 radical (unpaired) electrons. The molecule has 1 unspecified atom stereocenters. The van der Waals surface area contributed by atoms with Crippen molar-refractivity contribution in [1.29, 1.82) is 0 Å². The molecule has 1 aliphatic rings. The van der Waals surface area contributed by atoms with Gasteiger partial charge in [-0.25, -0.2) is 24.2 Å². The Balaban J connectivity index is 2.02. The Hall–Kier alpha value is -4.98. The number of benzene rings is 1. The van der Waals surface area contributed by atoms with Gasteiger partial charge in [-0.1, -0.05) is 17.2 Å². The molecule has 0 aliphatic carbocycles. The quantitative estimate of drug-likeness (QED) is 0.0882. The van der Waals surface area contributed by atoms with Gasteiger partial charge in [0.2, 0.25) is 11.8 Å². The Kier molecular flexibility index (Phi) is 10.3. The Bertz CT molecular complexity index is 1180. The molecule has 202 valence electrons. The number of imide groups is 2. The smallest absolute Gasteiger partial charge is 0.335 e. The SMILES string of the molecule is [N-]=[N+]=Nc1ccc(C(=O)NCCCCC(C(=O)O)N2C(=O)CC(=O)N([C@@H](CCC(=O)O)C(=O)O)C2=O)cc1.